The number of aryl methyl sites for hydroxylation is 1. The molecule has 0 aliphatic carbocycles. The second-order valence-corrected chi connectivity index (χ2v) is 5.86. The van der Waals surface area contributed by atoms with E-state index in [4.69, 9.17) is 0 Å². The summed E-state index contributed by atoms with van der Waals surface area (Å²) in [5.41, 5.74) is 0.102. The SMILES string of the molecule is CCC(C)(C)CNc1nc2c([nH]1)c(=O)n(C)c(=O)n2C. The summed E-state index contributed by atoms with van der Waals surface area (Å²) in [5.74, 6) is 0.514. The lowest BCUT2D eigenvalue weighted by molar-refractivity contribution is 0.376. The van der Waals surface area contributed by atoms with Crippen molar-refractivity contribution < 1.29 is 0 Å². The molecule has 2 aromatic rings. The Morgan fingerprint density at radius 2 is 1.90 bits per heavy atom. The molecule has 0 unspecified atom stereocenters. The number of fused-ring (bicyclic) bond motifs is 1. The molecule has 0 spiro atoms. The zero-order chi connectivity index (χ0) is 15.1. The first-order valence-electron chi connectivity index (χ1n) is 6.66. The minimum absolute atomic E-state index is 0.135. The van der Waals surface area contributed by atoms with Crippen LogP contribution in [0, 0.1) is 5.41 Å². The molecule has 0 aliphatic rings. The van der Waals surface area contributed by atoms with E-state index in [-0.39, 0.29) is 16.7 Å². The third-order valence-electron chi connectivity index (χ3n) is 3.79. The van der Waals surface area contributed by atoms with Gasteiger partial charge in [-0.2, -0.15) is 4.98 Å². The van der Waals surface area contributed by atoms with Gasteiger partial charge in [0, 0.05) is 20.6 Å². The van der Waals surface area contributed by atoms with Crippen molar-refractivity contribution in [3.63, 3.8) is 0 Å². The Balaban J connectivity index is 2.45. The van der Waals surface area contributed by atoms with Gasteiger partial charge in [-0.15, -0.1) is 0 Å². The van der Waals surface area contributed by atoms with Gasteiger partial charge >= 0.3 is 5.69 Å². The Kier molecular flexibility index (Phi) is 3.45. The average Bonchev–Trinajstić information content (AvgIpc) is 2.85. The predicted octanol–water partition coefficient (Wildman–Crippen LogP) is 0.808. The highest BCUT2D eigenvalue weighted by molar-refractivity contribution is 5.72. The van der Waals surface area contributed by atoms with Crippen LogP contribution < -0.4 is 16.6 Å². The summed E-state index contributed by atoms with van der Waals surface area (Å²) in [6.07, 6.45) is 1.03. The maximum absolute atomic E-state index is 12.0. The second-order valence-electron chi connectivity index (χ2n) is 5.86. The molecule has 0 atom stereocenters. The van der Waals surface area contributed by atoms with Gasteiger partial charge in [-0.3, -0.25) is 13.9 Å². The fraction of sp³-hybridized carbons (Fsp3) is 0.615. The van der Waals surface area contributed by atoms with Crippen LogP contribution in [0.5, 0.6) is 0 Å². The predicted molar refractivity (Wildman–Crippen MR) is 79.1 cm³/mol. The molecule has 0 saturated heterocycles. The van der Waals surface area contributed by atoms with Crippen LogP contribution in [0.1, 0.15) is 27.2 Å². The third kappa shape index (κ3) is 2.35. The summed E-state index contributed by atoms with van der Waals surface area (Å²) >= 11 is 0. The Labute approximate surface area is 116 Å². The van der Waals surface area contributed by atoms with Gasteiger partial charge < -0.3 is 10.3 Å². The molecule has 0 radical (unpaired) electrons. The molecule has 110 valence electrons. The van der Waals surface area contributed by atoms with Crippen LogP contribution in [0.2, 0.25) is 0 Å². The van der Waals surface area contributed by atoms with E-state index in [2.05, 4.69) is 36.1 Å². The fourth-order valence-electron chi connectivity index (χ4n) is 1.86. The van der Waals surface area contributed by atoms with E-state index in [0.717, 1.165) is 17.5 Å². The van der Waals surface area contributed by atoms with E-state index in [9.17, 15) is 9.59 Å². The van der Waals surface area contributed by atoms with E-state index in [0.29, 0.717) is 17.1 Å². The number of hydrogen-bond acceptors (Lipinski definition) is 4. The van der Waals surface area contributed by atoms with Crippen molar-refractivity contribution in [3.05, 3.63) is 20.8 Å². The monoisotopic (exact) mass is 279 g/mol. The maximum Gasteiger partial charge on any atom is 0.332 e. The first-order chi connectivity index (χ1) is 9.26. The highest BCUT2D eigenvalue weighted by Gasteiger charge is 2.17. The van der Waals surface area contributed by atoms with Crippen LogP contribution in [-0.4, -0.2) is 25.6 Å². The third-order valence-corrected chi connectivity index (χ3v) is 3.79. The van der Waals surface area contributed by atoms with E-state index in [1.165, 1.54) is 11.6 Å². The Hall–Kier alpha value is -2.05. The van der Waals surface area contributed by atoms with Crippen molar-refractivity contribution >= 4 is 17.1 Å². The normalized spacial score (nSPS) is 12.1. The average molecular weight is 279 g/mol. The molecule has 0 aromatic carbocycles. The Bertz CT molecular complexity index is 750. The van der Waals surface area contributed by atoms with Crippen molar-refractivity contribution in [2.75, 3.05) is 11.9 Å². The molecule has 2 N–H and O–H groups in total. The van der Waals surface area contributed by atoms with E-state index < -0.39 is 0 Å². The molecule has 0 amide bonds. The molecule has 20 heavy (non-hydrogen) atoms. The molecule has 0 saturated carbocycles. The van der Waals surface area contributed by atoms with Gasteiger partial charge in [0.25, 0.3) is 5.56 Å². The van der Waals surface area contributed by atoms with Crippen molar-refractivity contribution in [2.45, 2.75) is 27.2 Å². The molecular weight excluding hydrogens is 258 g/mol. The van der Waals surface area contributed by atoms with Gasteiger partial charge in [0.1, 0.15) is 0 Å². The number of anilines is 1. The van der Waals surface area contributed by atoms with Crippen LogP contribution in [0.3, 0.4) is 0 Å². The van der Waals surface area contributed by atoms with E-state index >= 15 is 0 Å². The number of aromatic nitrogens is 4. The summed E-state index contributed by atoms with van der Waals surface area (Å²) in [6, 6.07) is 0. The first kappa shape index (κ1) is 14.4. The number of nitrogens with zero attached hydrogens (tertiary/aromatic N) is 3. The second kappa shape index (κ2) is 4.81. The van der Waals surface area contributed by atoms with Gasteiger partial charge in [-0.1, -0.05) is 20.8 Å². The number of nitrogens with one attached hydrogen (secondary N) is 2. The van der Waals surface area contributed by atoms with Crippen LogP contribution in [0.25, 0.3) is 11.2 Å². The minimum atomic E-state index is -0.380. The lowest BCUT2D eigenvalue weighted by Gasteiger charge is -2.22. The van der Waals surface area contributed by atoms with Crippen molar-refractivity contribution in [3.8, 4) is 0 Å². The summed E-state index contributed by atoms with van der Waals surface area (Å²) in [6.45, 7) is 7.16. The number of hydrogen-bond donors (Lipinski definition) is 2. The smallest absolute Gasteiger partial charge is 0.332 e. The van der Waals surface area contributed by atoms with Gasteiger partial charge in [0.15, 0.2) is 11.2 Å². The Morgan fingerprint density at radius 1 is 1.25 bits per heavy atom. The molecule has 2 aromatic heterocycles. The molecule has 0 aliphatic heterocycles. The van der Waals surface area contributed by atoms with Crippen molar-refractivity contribution in [2.24, 2.45) is 19.5 Å². The van der Waals surface area contributed by atoms with Gasteiger partial charge in [-0.05, 0) is 11.8 Å². The van der Waals surface area contributed by atoms with Crippen molar-refractivity contribution in [1.82, 2.24) is 19.1 Å². The van der Waals surface area contributed by atoms with E-state index in [1.807, 2.05) is 0 Å². The van der Waals surface area contributed by atoms with Gasteiger partial charge in [-0.25, -0.2) is 4.79 Å². The summed E-state index contributed by atoms with van der Waals surface area (Å²) in [7, 11) is 3.06. The van der Waals surface area contributed by atoms with Crippen LogP contribution >= 0.6 is 0 Å². The zero-order valence-corrected chi connectivity index (χ0v) is 12.6. The standard InChI is InChI=1S/C13H21N5O2/c1-6-13(2,3)7-14-11-15-8-9(16-11)17(4)12(20)18(5)10(8)19/h6-7H2,1-5H3,(H2,14,15,16). The number of aromatic amines is 1. The van der Waals surface area contributed by atoms with Crippen LogP contribution in [0.15, 0.2) is 9.59 Å². The summed E-state index contributed by atoms with van der Waals surface area (Å²) in [4.78, 5) is 31.1. The van der Waals surface area contributed by atoms with Crippen LogP contribution in [-0.2, 0) is 14.1 Å². The molecule has 7 nitrogen and oxygen atoms in total. The highest BCUT2D eigenvalue weighted by Crippen LogP contribution is 2.20. The van der Waals surface area contributed by atoms with Gasteiger partial charge in [0.2, 0.25) is 5.95 Å². The molecule has 0 fully saturated rings. The number of imidazole rings is 1. The van der Waals surface area contributed by atoms with Crippen LogP contribution in [0.4, 0.5) is 5.95 Å². The lowest BCUT2D eigenvalue weighted by Crippen LogP contribution is -2.36. The lowest BCUT2D eigenvalue weighted by atomic mass is 9.90. The fourth-order valence-corrected chi connectivity index (χ4v) is 1.86. The first-order valence-corrected chi connectivity index (χ1v) is 6.66. The van der Waals surface area contributed by atoms with E-state index in [1.54, 1.807) is 7.05 Å². The number of rotatable bonds is 4. The minimum Gasteiger partial charge on any atom is -0.355 e. The molecule has 7 heteroatoms. The van der Waals surface area contributed by atoms with Crippen molar-refractivity contribution in [1.29, 1.82) is 0 Å². The summed E-state index contributed by atoms with van der Waals surface area (Å²) < 4.78 is 2.43. The van der Waals surface area contributed by atoms with Gasteiger partial charge in [0.05, 0.1) is 0 Å². The molecule has 0 bridgehead atoms. The molecular formula is C13H21N5O2. The maximum atomic E-state index is 12.0. The zero-order valence-electron chi connectivity index (χ0n) is 12.6. The number of H-pyrrole nitrogens is 1. The molecule has 2 rings (SSSR count). The molecule has 2 heterocycles. The topological polar surface area (TPSA) is 84.7 Å². The largest absolute Gasteiger partial charge is 0.355 e. The Morgan fingerprint density at radius 3 is 2.50 bits per heavy atom. The quantitative estimate of drug-likeness (QED) is 0.867. The summed E-state index contributed by atoms with van der Waals surface area (Å²) in [5, 5.41) is 3.19. The highest BCUT2D eigenvalue weighted by atomic mass is 16.2.